The fourth-order valence-electron chi connectivity index (χ4n) is 1.69. The summed E-state index contributed by atoms with van der Waals surface area (Å²) in [6, 6.07) is 11.0. The topological polar surface area (TPSA) is 65.9 Å². The molecule has 0 saturated carbocycles. The fourth-order valence-corrected chi connectivity index (χ4v) is 2.44. The van der Waals surface area contributed by atoms with Crippen LogP contribution in [0.5, 0.6) is 0 Å². The van der Waals surface area contributed by atoms with Crippen molar-refractivity contribution in [2.45, 2.75) is 10.8 Å². The Bertz CT molecular complexity index is 746. The van der Waals surface area contributed by atoms with Crippen LogP contribution in [-0.2, 0) is 5.75 Å². The van der Waals surface area contributed by atoms with Crippen LogP contribution in [-0.4, -0.2) is 10.1 Å². The van der Waals surface area contributed by atoms with E-state index in [0.29, 0.717) is 28.1 Å². The smallest absolute Gasteiger partial charge is 0.257 e. The Labute approximate surface area is 124 Å². The third-order valence-electron chi connectivity index (χ3n) is 2.70. The zero-order valence-electron chi connectivity index (χ0n) is 10.8. The second kappa shape index (κ2) is 5.92. The number of benzene rings is 1. The molecule has 0 N–H and O–H groups in total. The van der Waals surface area contributed by atoms with E-state index in [1.807, 2.05) is 0 Å². The number of pyridine rings is 1. The SMILES string of the molecule is [O-][n+]1ccccc1SCc1noc(-c2ccc(F)cc2)n1. The molecule has 3 aromatic rings. The molecule has 0 aliphatic carbocycles. The van der Waals surface area contributed by atoms with E-state index >= 15 is 0 Å². The summed E-state index contributed by atoms with van der Waals surface area (Å²) < 4.78 is 18.8. The molecular weight excluding hydrogens is 293 g/mol. The van der Waals surface area contributed by atoms with Crippen molar-refractivity contribution in [3.05, 3.63) is 65.5 Å². The minimum absolute atomic E-state index is 0.321. The Hall–Kier alpha value is -2.41. The van der Waals surface area contributed by atoms with Gasteiger partial charge in [-0.15, -0.1) is 0 Å². The van der Waals surface area contributed by atoms with Gasteiger partial charge in [-0.1, -0.05) is 5.16 Å². The molecule has 0 bridgehead atoms. The molecule has 7 heteroatoms. The van der Waals surface area contributed by atoms with Crippen molar-refractivity contribution in [1.82, 2.24) is 10.1 Å². The van der Waals surface area contributed by atoms with Gasteiger partial charge >= 0.3 is 0 Å². The lowest BCUT2D eigenvalue weighted by Gasteiger charge is -2.00. The van der Waals surface area contributed by atoms with Crippen molar-refractivity contribution in [3.8, 4) is 11.5 Å². The number of rotatable bonds is 4. The molecule has 0 saturated heterocycles. The van der Waals surface area contributed by atoms with Gasteiger partial charge in [0.1, 0.15) is 5.82 Å². The van der Waals surface area contributed by atoms with E-state index in [1.165, 1.54) is 30.1 Å². The second-order valence-electron chi connectivity index (χ2n) is 4.18. The largest absolute Gasteiger partial charge is 0.618 e. The van der Waals surface area contributed by atoms with Crippen LogP contribution in [0.2, 0.25) is 0 Å². The van der Waals surface area contributed by atoms with Crippen LogP contribution in [0.4, 0.5) is 4.39 Å². The first-order valence-electron chi connectivity index (χ1n) is 6.12. The van der Waals surface area contributed by atoms with Gasteiger partial charge in [0.25, 0.3) is 10.9 Å². The van der Waals surface area contributed by atoms with Crippen LogP contribution in [0.1, 0.15) is 5.82 Å². The lowest BCUT2D eigenvalue weighted by atomic mass is 10.2. The summed E-state index contributed by atoms with van der Waals surface area (Å²) in [4.78, 5) is 4.22. The maximum absolute atomic E-state index is 12.9. The molecule has 1 aromatic carbocycles. The van der Waals surface area contributed by atoms with Gasteiger partial charge in [0.2, 0.25) is 0 Å². The van der Waals surface area contributed by atoms with Gasteiger partial charge in [-0.3, -0.25) is 0 Å². The van der Waals surface area contributed by atoms with Gasteiger partial charge in [0.05, 0.1) is 5.75 Å². The highest BCUT2D eigenvalue weighted by molar-refractivity contribution is 7.98. The summed E-state index contributed by atoms with van der Waals surface area (Å²) in [5, 5.41) is 15.9. The Kier molecular flexibility index (Phi) is 3.83. The van der Waals surface area contributed by atoms with Crippen molar-refractivity contribution < 1.29 is 13.6 Å². The molecule has 0 amide bonds. The molecule has 2 heterocycles. The third-order valence-corrected chi connectivity index (χ3v) is 3.71. The summed E-state index contributed by atoms with van der Waals surface area (Å²) in [6.45, 7) is 0. The van der Waals surface area contributed by atoms with Gasteiger partial charge in [0, 0.05) is 17.7 Å². The van der Waals surface area contributed by atoms with E-state index in [9.17, 15) is 9.60 Å². The summed E-state index contributed by atoms with van der Waals surface area (Å²) in [6.07, 6.45) is 1.43. The summed E-state index contributed by atoms with van der Waals surface area (Å²) in [5.41, 5.74) is 0.652. The molecule has 2 aromatic heterocycles. The van der Waals surface area contributed by atoms with E-state index in [2.05, 4.69) is 10.1 Å². The molecule has 21 heavy (non-hydrogen) atoms. The van der Waals surface area contributed by atoms with E-state index in [-0.39, 0.29) is 5.82 Å². The van der Waals surface area contributed by atoms with Crippen LogP contribution in [0, 0.1) is 11.0 Å². The zero-order valence-corrected chi connectivity index (χ0v) is 11.6. The molecule has 106 valence electrons. The van der Waals surface area contributed by atoms with Crippen molar-refractivity contribution in [2.24, 2.45) is 0 Å². The van der Waals surface area contributed by atoms with E-state index in [4.69, 9.17) is 4.52 Å². The fraction of sp³-hybridized carbons (Fsp3) is 0.0714. The Morgan fingerprint density at radius 1 is 1.19 bits per heavy atom. The van der Waals surface area contributed by atoms with Crippen molar-refractivity contribution >= 4 is 11.8 Å². The highest BCUT2D eigenvalue weighted by Crippen LogP contribution is 2.21. The van der Waals surface area contributed by atoms with Crippen molar-refractivity contribution in [1.29, 1.82) is 0 Å². The molecule has 0 unspecified atom stereocenters. The van der Waals surface area contributed by atoms with Crippen LogP contribution >= 0.6 is 11.8 Å². The number of hydrogen-bond acceptors (Lipinski definition) is 5. The first kappa shape index (κ1) is 13.6. The molecule has 0 fully saturated rings. The van der Waals surface area contributed by atoms with Crippen LogP contribution in [0.3, 0.4) is 0 Å². The molecule has 5 nitrogen and oxygen atoms in total. The highest BCUT2D eigenvalue weighted by Gasteiger charge is 2.11. The van der Waals surface area contributed by atoms with Gasteiger partial charge in [-0.2, -0.15) is 9.71 Å². The molecule has 0 aliphatic heterocycles. The Balaban J connectivity index is 1.71. The maximum atomic E-state index is 12.9. The number of halogens is 1. The first-order chi connectivity index (χ1) is 10.2. The minimum Gasteiger partial charge on any atom is -0.618 e. The molecule has 0 spiro atoms. The summed E-state index contributed by atoms with van der Waals surface area (Å²) in [7, 11) is 0. The standard InChI is InChI=1S/C14H10FN3O2S/c15-11-6-4-10(5-7-11)14-16-12(17-20-14)9-21-13-3-1-2-8-18(13)19/h1-8H,9H2. The van der Waals surface area contributed by atoms with Gasteiger partial charge in [-0.05, 0) is 42.1 Å². The average Bonchev–Trinajstić information content (AvgIpc) is 2.96. The maximum Gasteiger partial charge on any atom is 0.257 e. The first-order valence-corrected chi connectivity index (χ1v) is 7.10. The van der Waals surface area contributed by atoms with Gasteiger partial charge in [0.15, 0.2) is 12.0 Å². The average molecular weight is 303 g/mol. The van der Waals surface area contributed by atoms with Gasteiger partial charge < -0.3 is 9.73 Å². The predicted molar refractivity (Wildman–Crippen MR) is 74.7 cm³/mol. The van der Waals surface area contributed by atoms with Crippen molar-refractivity contribution in [2.75, 3.05) is 0 Å². The van der Waals surface area contributed by atoms with Crippen molar-refractivity contribution in [3.63, 3.8) is 0 Å². The van der Waals surface area contributed by atoms with Gasteiger partial charge in [-0.25, -0.2) is 4.39 Å². The van der Waals surface area contributed by atoms with E-state index in [1.54, 1.807) is 30.3 Å². The lowest BCUT2D eigenvalue weighted by Crippen LogP contribution is -2.27. The molecule has 0 atom stereocenters. The third kappa shape index (κ3) is 3.19. The Morgan fingerprint density at radius 3 is 2.76 bits per heavy atom. The quantitative estimate of drug-likeness (QED) is 0.421. The lowest BCUT2D eigenvalue weighted by molar-refractivity contribution is -0.645. The van der Waals surface area contributed by atoms with E-state index in [0.717, 1.165) is 4.73 Å². The monoisotopic (exact) mass is 303 g/mol. The molecule has 0 radical (unpaired) electrons. The Morgan fingerprint density at radius 2 is 2.00 bits per heavy atom. The molecule has 3 rings (SSSR count). The van der Waals surface area contributed by atoms with Crippen LogP contribution < -0.4 is 4.73 Å². The summed E-state index contributed by atoms with van der Waals surface area (Å²) in [5.74, 6) is 0.895. The normalized spacial score (nSPS) is 10.7. The molecular formula is C14H10FN3O2S. The minimum atomic E-state index is -0.321. The van der Waals surface area contributed by atoms with E-state index < -0.39 is 0 Å². The predicted octanol–water partition coefficient (Wildman–Crippen LogP) is 2.80. The number of thioether (sulfide) groups is 1. The van der Waals surface area contributed by atoms with Crippen LogP contribution in [0.25, 0.3) is 11.5 Å². The molecule has 0 aliphatic rings. The number of nitrogens with zero attached hydrogens (tertiary/aromatic N) is 3. The zero-order chi connectivity index (χ0) is 14.7. The number of hydrogen-bond donors (Lipinski definition) is 0. The van der Waals surface area contributed by atoms with Crippen LogP contribution in [0.15, 0.2) is 58.2 Å². The summed E-state index contributed by atoms with van der Waals surface area (Å²) >= 11 is 1.32. The highest BCUT2D eigenvalue weighted by atomic mass is 32.2. The second-order valence-corrected chi connectivity index (χ2v) is 5.17. The number of aromatic nitrogens is 3.